The number of rotatable bonds is 10. The highest BCUT2D eigenvalue weighted by molar-refractivity contribution is 5.42. The van der Waals surface area contributed by atoms with E-state index in [0.717, 1.165) is 37.3 Å². The Morgan fingerprint density at radius 2 is 1.79 bits per heavy atom. The van der Waals surface area contributed by atoms with Gasteiger partial charge in [-0.25, -0.2) is 0 Å². The monoisotopic (exact) mass is 327 g/mol. The van der Waals surface area contributed by atoms with Gasteiger partial charge in [-0.1, -0.05) is 43.3 Å². The number of ether oxygens (including phenoxy) is 2. The van der Waals surface area contributed by atoms with Gasteiger partial charge >= 0.3 is 0 Å². The Bertz CT molecular complexity index is 598. The van der Waals surface area contributed by atoms with Crippen LogP contribution in [0.15, 0.2) is 48.5 Å². The molecule has 0 saturated carbocycles. The summed E-state index contributed by atoms with van der Waals surface area (Å²) in [6.07, 6.45) is 3.21. The number of aryl methyl sites for hydroxylation is 1. The maximum Gasteiger partial charge on any atom is 0.161 e. The van der Waals surface area contributed by atoms with E-state index in [1.807, 2.05) is 6.07 Å². The van der Waals surface area contributed by atoms with Gasteiger partial charge in [0.25, 0.3) is 0 Å². The maximum absolute atomic E-state index is 5.70. The maximum atomic E-state index is 5.70. The third kappa shape index (κ3) is 5.89. The van der Waals surface area contributed by atoms with Crippen LogP contribution in [-0.2, 0) is 13.0 Å². The van der Waals surface area contributed by atoms with Crippen molar-refractivity contribution in [3.8, 4) is 11.5 Å². The van der Waals surface area contributed by atoms with Crippen LogP contribution in [0.3, 0.4) is 0 Å². The first kappa shape index (κ1) is 18.3. The molecule has 0 aliphatic rings. The Labute approximate surface area is 146 Å². The van der Waals surface area contributed by atoms with Crippen molar-refractivity contribution in [2.45, 2.75) is 45.7 Å². The molecule has 0 bridgehead atoms. The van der Waals surface area contributed by atoms with Gasteiger partial charge in [0.2, 0.25) is 0 Å². The minimum Gasteiger partial charge on any atom is -0.493 e. The van der Waals surface area contributed by atoms with E-state index in [4.69, 9.17) is 9.47 Å². The van der Waals surface area contributed by atoms with E-state index >= 15 is 0 Å². The minimum absolute atomic E-state index is 0.465. The minimum atomic E-state index is 0.465. The van der Waals surface area contributed by atoms with Crippen LogP contribution in [0.1, 0.15) is 37.8 Å². The highest BCUT2D eigenvalue weighted by Gasteiger charge is 2.07. The van der Waals surface area contributed by atoms with Gasteiger partial charge in [0.1, 0.15) is 0 Å². The summed E-state index contributed by atoms with van der Waals surface area (Å²) in [4.78, 5) is 0. The first-order chi connectivity index (χ1) is 11.7. The van der Waals surface area contributed by atoms with Crippen LogP contribution in [-0.4, -0.2) is 19.8 Å². The molecular weight excluding hydrogens is 298 g/mol. The summed E-state index contributed by atoms with van der Waals surface area (Å²) in [6, 6.07) is 17.3. The highest BCUT2D eigenvalue weighted by atomic mass is 16.5. The number of nitrogens with one attached hydrogen (secondary N) is 1. The molecule has 2 aromatic rings. The molecule has 0 aliphatic heterocycles. The fourth-order valence-corrected chi connectivity index (χ4v) is 2.58. The lowest BCUT2D eigenvalue weighted by atomic mass is 10.1. The van der Waals surface area contributed by atoms with E-state index in [-0.39, 0.29) is 0 Å². The molecule has 3 nitrogen and oxygen atoms in total. The predicted octanol–water partition coefficient (Wildman–Crippen LogP) is 4.59. The summed E-state index contributed by atoms with van der Waals surface area (Å²) >= 11 is 0. The second kappa shape index (κ2) is 9.99. The Morgan fingerprint density at radius 1 is 1.00 bits per heavy atom. The summed E-state index contributed by atoms with van der Waals surface area (Å²) in [5.74, 6) is 1.62. The van der Waals surface area contributed by atoms with Gasteiger partial charge in [-0.15, -0.1) is 0 Å². The number of hydrogen-bond acceptors (Lipinski definition) is 3. The smallest absolute Gasteiger partial charge is 0.161 e. The van der Waals surface area contributed by atoms with E-state index in [0.29, 0.717) is 12.6 Å². The van der Waals surface area contributed by atoms with E-state index in [2.05, 4.69) is 61.6 Å². The van der Waals surface area contributed by atoms with Crippen LogP contribution in [0.25, 0.3) is 0 Å². The predicted molar refractivity (Wildman–Crippen MR) is 99.8 cm³/mol. The second-order valence-electron chi connectivity index (χ2n) is 6.14. The molecule has 3 heteroatoms. The zero-order valence-electron chi connectivity index (χ0n) is 15.0. The fourth-order valence-electron chi connectivity index (χ4n) is 2.58. The summed E-state index contributed by atoms with van der Waals surface area (Å²) in [5, 5.41) is 3.59. The van der Waals surface area contributed by atoms with Gasteiger partial charge in [0.15, 0.2) is 11.5 Å². The van der Waals surface area contributed by atoms with E-state index in [1.165, 1.54) is 11.1 Å². The van der Waals surface area contributed by atoms with E-state index < -0.39 is 0 Å². The number of hydrogen-bond donors (Lipinski definition) is 1. The average Bonchev–Trinajstić information content (AvgIpc) is 2.64. The van der Waals surface area contributed by atoms with Gasteiger partial charge in [-0.3, -0.25) is 0 Å². The molecule has 0 fully saturated rings. The molecular formula is C21H29NO2. The Balaban J connectivity index is 1.82. The van der Waals surface area contributed by atoms with Crippen molar-refractivity contribution in [1.29, 1.82) is 0 Å². The summed E-state index contributed by atoms with van der Waals surface area (Å²) in [5.41, 5.74) is 2.60. The third-order valence-electron chi connectivity index (χ3n) is 4.05. The van der Waals surface area contributed by atoms with Gasteiger partial charge in [0.05, 0.1) is 13.7 Å². The average molecular weight is 327 g/mol. The standard InChI is InChI=1S/C21H29NO2/c1-4-14-24-20-13-12-19(15-21(20)23-3)16-22-17(2)10-11-18-8-6-5-7-9-18/h5-9,12-13,15,17,22H,4,10-11,14,16H2,1-3H3. The highest BCUT2D eigenvalue weighted by Crippen LogP contribution is 2.28. The molecule has 1 unspecified atom stereocenters. The zero-order chi connectivity index (χ0) is 17.2. The van der Waals surface area contributed by atoms with E-state index in [1.54, 1.807) is 7.11 Å². The largest absolute Gasteiger partial charge is 0.493 e. The SMILES string of the molecule is CCCOc1ccc(CNC(C)CCc2ccccc2)cc1OC. The fraction of sp³-hybridized carbons (Fsp3) is 0.429. The molecule has 0 radical (unpaired) electrons. The van der Waals surface area contributed by atoms with Crippen LogP contribution < -0.4 is 14.8 Å². The van der Waals surface area contributed by atoms with Crippen molar-refractivity contribution >= 4 is 0 Å². The molecule has 1 atom stereocenters. The molecule has 0 aliphatic carbocycles. The Morgan fingerprint density at radius 3 is 2.50 bits per heavy atom. The first-order valence-corrected chi connectivity index (χ1v) is 8.80. The Kier molecular flexibility index (Phi) is 7.63. The van der Waals surface area contributed by atoms with Crippen molar-refractivity contribution in [2.75, 3.05) is 13.7 Å². The van der Waals surface area contributed by atoms with Crippen LogP contribution in [0.2, 0.25) is 0 Å². The molecule has 0 amide bonds. The molecule has 0 aromatic heterocycles. The van der Waals surface area contributed by atoms with Crippen LogP contribution in [0, 0.1) is 0 Å². The van der Waals surface area contributed by atoms with Crippen molar-refractivity contribution in [3.05, 3.63) is 59.7 Å². The molecule has 2 aromatic carbocycles. The van der Waals surface area contributed by atoms with Crippen molar-refractivity contribution in [2.24, 2.45) is 0 Å². The van der Waals surface area contributed by atoms with Gasteiger partial charge in [-0.2, -0.15) is 0 Å². The summed E-state index contributed by atoms with van der Waals surface area (Å²) in [6.45, 7) is 5.88. The van der Waals surface area contributed by atoms with Crippen LogP contribution in [0.5, 0.6) is 11.5 Å². The Hall–Kier alpha value is -2.00. The van der Waals surface area contributed by atoms with Gasteiger partial charge in [0, 0.05) is 12.6 Å². The van der Waals surface area contributed by atoms with Crippen LogP contribution in [0.4, 0.5) is 0 Å². The normalized spacial score (nSPS) is 12.0. The molecule has 0 saturated heterocycles. The number of methoxy groups -OCH3 is 1. The van der Waals surface area contributed by atoms with Crippen molar-refractivity contribution < 1.29 is 9.47 Å². The third-order valence-corrected chi connectivity index (χ3v) is 4.05. The summed E-state index contributed by atoms with van der Waals surface area (Å²) in [7, 11) is 1.69. The van der Waals surface area contributed by atoms with Crippen molar-refractivity contribution in [1.82, 2.24) is 5.32 Å². The number of benzene rings is 2. The lowest BCUT2D eigenvalue weighted by Gasteiger charge is -2.15. The molecule has 0 spiro atoms. The lowest BCUT2D eigenvalue weighted by Crippen LogP contribution is -2.26. The molecule has 2 rings (SSSR count). The first-order valence-electron chi connectivity index (χ1n) is 8.80. The quantitative estimate of drug-likeness (QED) is 0.692. The molecule has 130 valence electrons. The van der Waals surface area contributed by atoms with Crippen LogP contribution >= 0.6 is 0 Å². The zero-order valence-corrected chi connectivity index (χ0v) is 15.0. The molecule has 0 heterocycles. The van der Waals surface area contributed by atoms with E-state index in [9.17, 15) is 0 Å². The second-order valence-corrected chi connectivity index (χ2v) is 6.14. The summed E-state index contributed by atoms with van der Waals surface area (Å²) < 4.78 is 11.1. The van der Waals surface area contributed by atoms with Crippen molar-refractivity contribution in [3.63, 3.8) is 0 Å². The van der Waals surface area contributed by atoms with Gasteiger partial charge in [-0.05, 0) is 49.4 Å². The topological polar surface area (TPSA) is 30.5 Å². The lowest BCUT2D eigenvalue weighted by molar-refractivity contribution is 0.294. The van der Waals surface area contributed by atoms with Gasteiger partial charge < -0.3 is 14.8 Å². The molecule has 24 heavy (non-hydrogen) atoms. The molecule has 1 N–H and O–H groups in total.